The molecule has 0 fully saturated rings. The van der Waals surface area contributed by atoms with E-state index in [1.165, 1.54) is 12.1 Å². The van der Waals surface area contributed by atoms with Gasteiger partial charge in [0, 0.05) is 19.2 Å². The lowest BCUT2D eigenvalue weighted by atomic mass is 10.4. The maximum atomic E-state index is 10.7. The van der Waals surface area contributed by atoms with E-state index in [0.717, 1.165) is 6.26 Å². The monoisotopic (exact) mass is 262 g/mol. The number of anilines is 1. The predicted octanol–water partition coefficient (Wildman–Crippen LogP) is 0.329. The first-order valence-electron chi connectivity index (χ1n) is 4.90. The molecule has 0 atom stereocenters. The first kappa shape index (κ1) is 13.5. The van der Waals surface area contributed by atoms with Crippen LogP contribution in [-0.2, 0) is 10.0 Å². The number of furan rings is 1. The molecule has 7 nitrogen and oxygen atoms in total. The minimum atomic E-state index is -3.16. The van der Waals surface area contributed by atoms with E-state index < -0.39 is 16.0 Å². The van der Waals surface area contributed by atoms with Crippen molar-refractivity contribution in [3.8, 4) is 0 Å². The Hall–Kier alpha value is -1.54. The summed E-state index contributed by atoms with van der Waals surface area (Å²) in [5.74, 6) is -0.916. The molecule has 1 aromatic heterocycles. The Morgan fingerprint density at radius 2 is 2.12 bits per heavy atom. The lowest BCUT2D eigenvalue weighted by Crippen LogP contribution is -2.24. The second-order valence-corrected chi connectivity index (χ2v) is 5.25. The molecule has 8 heteroatoms. The zero-order chi connectivity index (χ0) is 12.9. The highest BCUT2D eigenvalue weighted by Gasteiger charge is 2.08. The van der Waals surface area contributed by atoms with Gasteiger partial charge in [0.2, 0.25) is 15.8 Å². The Morgan fingerprint density at radius 3 is 2.65 bits per heavy atom. The maximum Gasteiger partial charge on any atom is 0.371 e. The van der Waals surface area contributed by atoms with E-state index in [-0.39, 0.29) is 5.76 Å². The summed E-state index contributed by atoms with van der Waals surface area (Å²) in [7, 11) is -3.16. The number of aromatic carboxylic acids is 1. The van der Waals surface area contributed by atoms with Crippen molar-refractivity contribution >= 4 is 21.9 Å². The zero-order valence-electron chi connectivity index (χ0n) is 9.26. The highest BCUT2D eigenvalue weighted by Crippen LogP contribution is 2.12. The smallest absolute Gasteiger partial charge is 0.371 e. The van der Waals surface area contributed by atoms with Crippen molar-refractivity contribution in [2.75, 3.05) is 24.7 Å². The van der Waals surface area contributed by atoms with Gasteiger partial charge in [0.1, 0.15) is 0 Å². The van der Waals surface area contributed by atoms with Crippen LogP contribution in [0.25, 0.3) is 0 Å². The van der Waals surface area contributed by atoms with Crippen LogP contribution in [0.5, 0.6) is 0 Å². The second kappa shape index (κ2) is 5.69. The molecule has 3 N–H and O–H groups in total. The molecular formula is C9H14N2O5S. The highest BCUT2D eigenvalue weighted by atomic mass is 32.2. The summed E-state index contributed by atoms with van der Waals surface area (Å²) in [5.41, 5.74) is 0. The molecule has 0 aliphatic heterocycles. The summed E-state index contributed by atoms with van der Waals surface area (Å²) in [6.45, 7) is 0.799. The summed E-state index contributed by atoms with van der Waals surface area (Å²) in [6.07, 6.45) is 1.66. The molecular weight excluding hydrogens is 248 g/mol. The Labute approximate surface area is 98.9 Å². The molecule has 0 spiro atoms. The van der Waals surface area contributed by atoms with Crippen molar-refractivity contribution < 1.29 is 22.7 Å². The van der Waals surface area contributed by atoms with Crippen molar-refractivity contribution in [1.29, 1.82) is 0 Å². The normalized spacial score (nSPS) is 11.4. The minimum Gasteiger partial charge on any atom is -0.475 e. The molecule has 1 heterocycles. The van der Waals surface area contributed by atoms with Crippen molar-refractivity contribution in [1.82, 2.24) is 4.72 Å². The number of carboxylic acids is 1. The Balaban J connectivity index is 2.24. The first-order chi connectivity index (χ1) is 7.88. The molecule has 0 amide bonds. The van der Waals surface area contributed by atoms with Crippen LogP contribution in [0.15, 0.2) is 16.5 Å². The number of carboxylic acid groups (broad SMARTS) is 1. The lowest BCUT2D eigenvalue weighted by molar-refractivity contribution is 0.0663. The van der Waals surface area contributed by atoms with E-state index in [1.54, 1.807) is 0 Å². The molecule has 0 aromatic carbocycles. The van der Waals surface area contributed by atoms with Crippen molar-refractivity contribution in [3.63, 3.8) is 0 Å². The van der Waals surface area contributed by atoms with Crippen LogP contribution < -0.4 is 10.0 Å². The molecule has 0 unspecified atom stereocenters. The fraction of sp³-hybridized carbons (Fsp3) is 0.444. The van der Waals surface area contributed by atoms with Gasteiger partial charge in [0.15, 0.2) is 5.88 Å². The van der Waals surface area contributed by atoms with E-state index in [0.29, 0.717) is 25.4 Å². The standard InChI is InChI=1S/C9H14N2O5S/c1-17(14,15)11-6-2-5-10-8-4-3-7(16-8)9(12)13/h3-4,10-11H,2,5-6H2,1H3,(H,12,13). The third-order valence-electron chi connectivity index (χ3n) is 1.83. The van der Waals surface area contributed by atoms with Gasteiger partial charge in [-0.3, -0.25) is 0 Å². The Bertz CT molecular complexity index is 479. The predicted molar refractivity (Wildman–Crippen MR) is 61.6 cm³/mol. The van der Waals surface area contributed by atoms with Crippen molar-refractivity contribution in [2.45, 2.75) is 6.42 Å². The number of hydrogen-bond donors (Lipinski definition) is 3. The van der Waals surface area contributed by atoms with Gasteiger partial charge in [-0.1, -0.05) is 0 Å². The Morgan fingerprint density at radius 1 is 1.41 bits per heavy atom. The molecule has 0 saturated carbocycles. The molecule has 0 aliphatic rings. The largest absolute Gasteiger partial charge is 0.475 e. The summed E-state index contributed by atoms with van der Waals surface area (Å²) in [5, 5.41) is 11.4. The topological polar surface area (TPSA) is 109 Å². The molecule has 1 aromatic rings. The van der Waals surface area contributed by atoms with Gasteiger partial charge in [-0.15, -0.1) is 0 Å². The molecule has 0 aliphatic carbocycles. The number of hydrogen-bond acceptors (Lipinski definition) is 5. The fourth-order valence-corrected chi connectivity index (χ4v) is 1.62. The van der Waals surface area contributed by atoms with Crippen LogP contribution in [-0.4, -0.2) is 38.8 Å². The van der Waals surface area contributed by atoms with Crippen LogP contribution in [0, 0.1) is 0 Å². The zero-order valence-corrected chi connectivity index (χ0v) is 10.1. The average molecular weight is 262 g/mol. The van der Waals surface area contributed by atoms with Gasteiger partial charge in [-0.05, 0) is 12.5 Å². The summed E-state index contributed by atoms with van der Waals surface area (Å²) in [4.78, 5) is 10.5. The molecule has 96 valence electrons. The van der Waals surface area contributed by atoms with E-state index in [9.17, 15) is 13.2 Å². The minimum absolute atomic E-state index is 0.137. The quantitative estimate of drug-likeness (QED) is 0.611. The van der Waals surface area contributed by atoms with Gasteiger partial charge in [-0.2, -0.15) is 0 Å². The summed E-state index contributed by atoms with van der Waals surface area (Å²) in [6, 6.07) is 2.85. The molecule has 17 heavy (non-hydrogen) atoms. The fourth-order valence-electron chi connectivity index (χ4n) is 1.11. The van der Waals surface area contributed by atoms with Crippen LogP contribution in [0.2, 0.25) is 0 Å². The summed E-state index contributed by atoms with van der Waals surface area (Å²) < 4.78 is 28.7. The maximum absolute atomic E-state index is 10.7. The average Bonchev–Trinajstić information content (AvgIpc) is 2.64. The Kier molecular flexibility index (Phi) is 4.53. The first-order valence-corrected chi connectivity index (χ1v) is 6.79. The van der Waals surface area contributed by atoms with Crippen molar-refractivity contribution in [3.05, 3.63) is 17.9 Å². The molecule has 1 rings (SSSR count). The van der Waals surface area contributed by atoms with Gasteiger partial charge < -0.3 is 14.8 Å². The number of rotatable bonds is 7. The molecule has 0 bridgehead atoms. The number of carbonyl (C=O) groups is 1. The van der Waals surface area contributed by atoms with Crippen LogP contribution in [0.3, 0.4) is 0 Å². The number of sulfonamides is 1. The number of nitrogens with one attached hydrogen (secondary N) is 2. The lowest BCUT2D eigenvalue weighted by Gasteiger charge is -2.03. The van der Waals surface area contributed by atoms with E-state index in [4.69, 9.17) is 9.52 Å². The van der Waals surface area contributed by atoms with Gasteiger partial charge in [0.25, 0.3) is 0 Å². The van der Waals surface area contributed by atoms with Crippen LogP contribution in [0.4, 0.5) is 5.88 Å². The summed E-state index contributed by atoms with van der Waals surface area (Å²) >= 11 is 0. The van der Waals surface area contributed by atoms with E-state index >= 15 is 0 Å². The van der Waals surface area contributed by atoms with Gasteiger partial charge in [0.05, 0.1) is 6.26 Å². The molecule has 0 radical (unpaired) electrons. The van der Waals surface area contributed by atoms with Crippen LogP contribution >= 0.6 is 0 Å². The SMILES string of the molecule is CS(=O)(=O)NCCCNc1ccc(C(=O)O)o1. The van der Waals surface area contributed by atoms with E-state index in [2.05, 4.69) is 10.0 Å². The van der Waals surface area contributed by atoms with Crippen LogP contribution in [0.1, 0.15) is 17.0 Å². The molecule has 0 saturated heterocycles. The van der Waals surface area contributed by atoms with Gasteiger partial charge >= 0.3 is 5.97 Å². The highest BCUT2D eigenvalue weighted by molar-refractivity contribution is 7.88. The third kappa shape index (κ3) is 5.36. The van der Waals surface area contributed by atoms with E-state index in [1.807, 2.05) is 0 Å². The van der Waals surface area contributed by atoms with Gasteiger partial charge in [-0.25, -0.2) is 17.9 Å². The second-order valence-electron chi connectivity index (χ2n) is 3.42. The third-order valence-corrected chi connectivity index (χ3v) is 2.56. The van der Waals surface area contributed by atoms with Crippen molar-refractivity contribution in [2.24, 2.45) is 0 Å².